The Bertz CT molecular complexity index is 575. The third-order valence-electron chi connectivity index (χ3n) is 5.29. The van der Waals surface area contributed by atoms with Gasteiger partial charge in [-0.25, -0.2) is 0 Å². The van der Waals surface area contributed by atoms with Gasteiger partial charge in [-0.05, 0) is 24.4 Å². The summed E-state index contributed by atoms with van der Waals surface area (Å²) in [5, 5.41) is 0. The quantitative estimate of drug-likeness (QED) is 0.907. The fraction of sp³-hybridized carbons (Fsp3) is 0.556. The molecule has 0 aromatic heterocycles. The first-order valence-electron chi connectivity index (χ1n) is 8.38. The fourth-order valence-corrected chi connectivity index (χ4v) is 3.78. The van der Waals surface area contributed by atoms with Gasteiger partial charge < -0.3 is 15.5 Å². The summed E-state index contributed by atoms with van der Waals surface area (Å²) in [6, 6.07) is 10.3. The van der Waals surface area contributed by atoms with Crippen LogP contribution in [0.2, 0.25) is 0 Å². The molecule has 3 atom stereocenters. The molecular formula is C18H25N3O2. The number of hydrogen-bond acceptors (Lipinski definition) is 3. The van der Waals surface area contributed by atoms with E-state index in [0.29, 0.717) is 44.4 Å². The SMILES string of the molecule is CN1CCC(C(=O)N2C[C@@H](CN)[C@H](c3ccccc3)C2)CC1=O. The average Bonchev–Trinajstić information content (AvgIpc) is 3.02. The highest BCUT2D eigenvalue weighted by atomic mass is 16.2. The first-order valence-corrected chi connectivity index (χ1v) is 8.38. The van der Waals surface area contributed by atoms with Crippen molar-refractivity contribution >= 4 is 11.8 Å². The van der Waals surface area contributed by atoms with E-state index in [0.717, 1.165) is 6.42 Å². The zero-order valence-corrected chi connectivity index (χ0v) is 13.6. The van der Waals surface area contributed by atoms with E-state index in [2.05, 4.69) is 12.1 Å². The molecule has 2 heterocycles. The Morgan fingerprint density at radius 2 is 2.00 bits per heavy atom. The van der Waals surface area contributed by atoms with E-state index in [-0.39, 0.29) is 17.7 Å². The van der Waals surface area contributed by atoms with Crippen molar-refractivity contribution in [1.82, 2.24) is 9.80 Å². The van der Waals surface area contributed by atoms with Crippen LogP contribution in [-0.2, 0) is 9.59 Å². The number of carbonyl (C=O) groups excluding carboxylic acids is 2. The van der Waals surface area contributed by atoms with Crippen LogP contribution in [0, 0.1) is 11.8 Å². The zero-order valence-electron chi connectivity index (χ0n) is 13.6. The van der Waals surface area contributed by atoms with Crippen LogP contribution in [0.5, 0.6) is 0 Å². The van der Waals surface area contributed by atoms with Crippen LogP contribution in [0.15, 0.2) is 30.3 Å². The van der Waals surface area contributed by atoms with Gasteiger partial charge in [0.2, 0.25) is 11.8 Å². The first kappa shape index (κ1) is 16.0. The molecule has 0 bridgehead atoms. The summed E-state index contributed by atoms with van der Waals surface area (Å²) in [6.45, 7) is 2.67. The molecule has 0 saturated carbocycles. The Balaban J connectivity index is 1.70. The fourth-order valence-electron chi connectivity index (χ4n) is 3.78. The molecule has 2 amide bonds. The molecule has 1 unspecified atom stereocenters. The van der Waals surface area contributed by atoms with Crippen molar-refractivity contribution in [1.29, 1.82) is 0 Å². The van der Waals surface area contributed by atoms with Gasteiger partial charge >= 0.3 is 0 Å². The number of likely N-dealkylation sites (tertiary alicyclic amines) is 2. The van der Waals surface area contributed by atoms with Crippen LogP contribution in [0.1, 0.15) is 24.3 Å². The Morgan fingerprint density at radius 3 is 2.65 bits per heavy atom. The minimum absolute atomic E-state index is 0.0729. The predicted molar refractivity (Wildman–Crippen MR) is 88.7 cm³/mol. The monoisotopic (exact) mass is 315 g/mol. The van der Waals surface area contributed by atoms with Gasteiger partial charge in [-0.3, -0.25) is 9.59 Å². The third kappa shape index (κ3) is 3.24. The Labute approximate surface area is 137 Å². The molecule has 2 saturated heterocycles. The highest BCUT2D eigenvalue weighted by Gasteiger charge is 2.39. The van der Waals surface area contributed by atoms with Crippen LogP contribution in [-0.4, -0.2) is 54.8 Å². The van der Waals surface area contributed by atoms with Crippen molar-refractivity contribution in [2.24, 2.45) is 17.6 Å². The van der Waals surface area contributed by atoms with E-state index in [1.165, 1.54) is 5.56 Å². The number of benzene rings is 1. The van der Waals surface area contributed by atoms with E-state index >= 15 is 0 Å². The molecule has 5 nitrogen and oxygen atoms in total. The van der Waals surface area contributed by atoms with Crippen LogP contribution >= 0.6 is 0 Å². The van der Waals surface area contributed by atoms with Crippen LogP contribution in [0.3, 0.4) is 0 Å². The van der Waals surface area contributed by atoms with Crippen molar-refractivity contribution in [3.8, 4) is 0 Å². The Hall–Kier alpha value is -1.88. The highest BCUT2D eigenvalue weighted by Crippen LogP contribution is 2.33. The predicted octanol–water partition coefficient (Wildman–Crippen LogP) is 1.06. The second-order valence-electron chi connectivity index (χ2n) is 6.76. The van der Waals surface area contributed by atoms with E-state index in [9.17, 15) is 9.59 Å². The number of carbonyl (C=O) groups is 2. The van der Waals surface area contributed by atoms with Gasteiger partial charge in [0.25, 0.3) is 0 Å². The van der Waals surface area contributed by atoms with E-state index in [4.69, 9.17) is 5.73 Å². The van der Waals surface area contributed by atoms with Gasteiger partial charge in [-0.2, -0.15) is 0 Å². The Kier molecular flexibility index (Phi) is 4.66. The van der Waals surface area contributed by atoms with Crippen molar-refractivity contribution in [2.45, 2.75) is 18.8 Å². The molecule has 2 fully saturated rings. The number of amides is 2. The molecule has 2 N–H and O–H groups in total. The summed E-state index contributed by atoms with van der Waals surface area (Å²) < 4.78 is 0. The zero-order chi connectivity index (χ0) is 16.4. The number of nitrogens with zero attached hydrogens (tertiary/aromatic N) is 2. The second kappa shape index (κ2) is 6.71. The van der Waals surface area contributed by atoms with Crippen LogP contribution in [0.25, 0.3) is 0 Å². The molecule has 2 aliphatic heterocycles. The molecule has 0 aliphatic carbocycles. The lowest BCUT2D eigenvalue weighted by Crippen LogP contribution is -2.43. The molecule has 23 heavy (non-hydrogen) atoms. The van der Waals surface area contributed by atoms with E-state index < -0.39 is 0 Å². The molecule has 0 spiro atoms. The molecule has 1 aromatic rings. The summed E-state index contributed by atoms with van der Waals surface area (Å²) in [7, 11) is 1.80. The number of nitrogens with two attached hydrogens (primary N) is 1. The minimum atomic E-state index is -0.161. The normalized spacial score (nSPS) is 28.3. The lowest BCUT2D eigenvalue weighted by atomic mass is 9.89. The highest BCUT2D eigenvalue weighted by molar-refractivity contribution is 5.87. The van der Waals surface area contributed by atoms with E-state index in [1.54, 1.807) is 11.9 Å². The number of hydrogen-bond donors (Lipinski definition) is 1. The standard InChI is InChI=1S/C18H25N3O2/c1-20-8-7-14(9-17(20)22)18(23)21-11-15(10-19)16(12-21)13-5-3-2-4-6-13/h2-6,14-16H,7-12,19H2,1H3/t14?,15-,16+/m1/s1. The van der Waals surface area contributed by atoms with Gasteiger partial charge in [0.1, 0.15) is 0 Å². The lowest BCUT2D eigenvalue weighted by molar-refractivity contribution is -0.143. The summed E-state index contributed by atoms with van der Waals surface area (Å²) in [6.07, 6.45) is 1.11. The largest absolute Gasteiger partial charge is 0.346 e. The topological polar surface area (TPSA) is 66.6 Å². The summed E-state index contributed by atoms with van der Waals surface area (Å²) in [5.74, 6) is 0.634. The molecule has 1 aromatic carbocycles. The van der Waals surface area contributed by atoms with Gasteiger partial charge in [0, 0.05) is 44.9 Å². The van der Waals surface area contributed by atoms with Gasteiger partial charge in [0.15, 0.2) is 0 Å². The molecular weight excluding hydrogens is 290 g/mol. The first-order chi connectivity index (χ1) is 11.1. The summed E-state index contributed by atoms with van der Waals surface area (Å²) in [5.41, 5.74) is 7.19. The molecule has 3 rings (SSSR count). The number of rotatable bonds is 3. The maximum Gasteiger partial charge on any atom is 0.226 e. The Morgan fingerprint density at radius 1 is 1.26 bits per heavy atom. The second-order valence-corrected chi connectivity index (χ2v) is 6.76. The lowest BCUT2D eigenvalue weighted by Gasteiger charge is -2.30. The summed E-state index contributed by atoms with van der Waals surface area (Å²) >= 11 is 0. The van der Waals surface area contributed by atoms with E-state index in [1.807, 2.05) is 23.1 Å². The molecule has 0 radical (unpaired) electrons. The molecule has 124 valence electrons. The summed E-state index contributed by atoms with van der Waals surface area (Å²) in [4.78, 5) is 28.3. The van der Waals surface area contributed by atoms with Crippen molar-refractivity contribution in [2.75, 3.05) is 33.2 Å². The minimum Gasteiger partial charge on any atom is -0.346 e. The average molecular weight is 315 g/mol. The molecule has 2 aliphatic rings. The van der Waals surface area contributed by atoms with Gasteiger partial charge in [-0.1, -0.05) is 30.3 Å². The third-order valence-corrected chi connectivity index (χ3v) is 5.29. The molecule has 5 heteroatoms. The van der Waals surface area contributed by atoms with Crippen molar-refractivity contribution < 1.29 is 9.59 Å². The van der Waals surface area contributed by atoms with Crippen molar-refractivity contribution in [3.05, 3.63) is 35.9 Å². The smallest absolute Gasteiger partial charge is 0.226 e. The van der Waals surface area contributed by atoms with Crippen LogP contribution < -0.4 is 5.73 Å². The maximum atomic E-state index is 12.8. The maximum absolute atomic E-state index is 12.8. The van der Waals surface area contributed by atoms with Gasteiger partial charge in [0.05, 0.1) is 0 Å². The van der Waals surface area contributed by atoms with Crippen molar-refractivity contribution in [3.63, 3.8) is 0 Å². The van der Waals surface area contributed by atoms with Crippen LogP contribution in [0.4, 0.5) is 0 Å². The van der Waals surface area contributed by atoms with Gasteiger partial charge in [-0.15, -0.1) is 0 Å². The number of piperidine rings is 1.